The molecule has 0 saturated heterocycles. The van der Waals surface area contributed by atoms with Crippen molar-refractivity contribution >= 4 is 31.3 Å². The molecule has 0 amide bonds. The summed E-state index contributed by atoms with van der Waals surface area (Å²) >= 11 is 0. The molecule has 1 atom stereocenters. The van der Waals surface area contributed by atoms with Crippen LogP contribution in [0.25, 0.3) is 0 Å². The number of benzene rings is 2. The van der Waals surface area contributed by atoms with Gasteiger partial charge in [-0.2, -0.15) is 0 Å². The Hall–Kier alpha value is -3.51. The van der Waals surface area contributed by atoms with Gasteiger partial charge in [0.15, 0.2) is 9.84 Å². The third-order valence-electron chi connectivity index (χ3n) is 5.51. The van der Waals surface area contributed by atoms with Crippen molar-refractivity contribution in [3.63, 3.8) is 0 Å². The second-order valence-corrected chi connectivity index (χ2v) is 11.3. The van der Waals surface area contributed by atoms with Gasteiger partial charge in [0.05, 0.1) is 44.0 Å². The molecule has 0 spiro atoms. The minimum atomic E-state index is -4.45. The largest absolute Gasteiger partial charge is 0.466 e. The number of hydrogen-bond donors (Lipinski definition) is 1. The van der Waals surface area contributed by atoms with Crippen LogP contribution >= 0.6 is 0 Å². The molecule has 0 saturated carbocycles. The van der Waals surface area contributed by atoms with Gasteiger partial charge < -0.3 is 10.1 Å². The van der Waals surface area contributed by atoms with E-state index in [1.54, 1.807) is 0 Å². The molecular formula is C21H18N2O8S2. The number of nitro benzene ring substituents is 1. The number of nitro groups is 1. The molecule has 0 radical (unpaired) electrons. The van der Waals surface area contributed by atoms with Crippen LogP contribution in [0.1, 0.15) is 18.4 Å². The molecule has 0 aromatic heterocycles. The normalized spacial score (nSPS) is 20.7. The van der Waals surface area contributed by atoms with Gasteiger partial charge in [-0.3, -0.25) is 10.1 Å². The first-order valence-electron chi connectivity index (χ1n) is 9.59. The molecule has 33 heavy (non-hydrogen) atoms. The van der Waals surface area contributed by atoms with Crippen LogP contribution in [0.5, 0.6) is 0 Å². The summed E-state index contributed by atoms with van der Waals surface area (Å²) < 4.78 is 58.7. The first kappa shape index (κ1) is 22.7. The van der Waals surface area contributed by atoms with Crippen molar-refractivity contribution < 1.29 is 31.3 Å². The summed E-state index contributed by atoms with van der Waals surface area (Å²) in [5.74, 6) is -2.82. The molecule has 2 aliphatic heterocycles. The number of fused-ring (bicyclic) bond motifs is 1. The van der Waals surface area contributed by atoms with E-state index in [-0.39, 0.29) is 38.0 Å². The maximum Gasteiger partial charge on any atom is 0.336 e. The highest BCUT2D eigenvalue weighted by atomic mass is 32.2. The SMILES string of the molecule is COC(=O)C1=C(C)NC2=C(C1c1cccc([N+](=O)[O-])c1)S(=O)(=O)c1ccccc1S(=O)(=O)C2. The minimum Gasteiger partial charge on any atom is -0.466 e. The smallest absolute Gasteiger partial charge is 0.336 e. The van der Waals surface area contributed by atoms with E-state index in [9.17, 15) is 31.7 Å². The Morgan fingerprint density at radius 2 is 1.76 bits per heavy atom. The molecule has 172 valence electrons. The van der Waals surface area contributed by atoms with Gasteiger partial charge in [0, 0.05) is 23.5 Å². The number of sulfone groups is 2. The van der Waals surface area contributed by atoms with Gasteiger partial charge in [-0.15, -0.1) is 0 Å². The summed E-state index contributed by atoms with van der Waals surface area (Å²) in [6.07, 6.45) is 0. The predicted molar refractivity (Wildman–Crippen MR) is 116 cm³/mol. The lowest BCUT2D eigenvalue weighted by Gasteiger charge is -2.31. The Balaban J connectivity index is 2.10. The second-order valence-electron chi connectivity index (χ2n) is 7.49. The molecule has 0 bridgehead atoms. The molecule has 1 unspecified atom stereocenters. The van der Waals surface area contributed by atoms with Crippen LogP contribution < -0.4 is 5.32 Å². The lowest BCUT2D eigenvalue weighted by Crippen LogP contribution is -2.33. The monoisotopic (exact) mass is 490 g/mol. The molecule has 2 aliphatic rings. The Bertz CT molecular complexity index is 1490. The Kier molecular flexibility index (Phi) is 5.37. The van der Waals surface area contributed by atoms with Gasteiger partial charge in [-0.1, -0.05) is 24.3 Å². The Labute approximate surface area is 189 Å². The standard InChI is InChI=1S/C21H18N2O8S2/c1-12-18(21(24)31-2)19(13-6-5-7-14(10-13)23(25)26)20-15(22-12)11-32(27,28)16-8-3-4-9-17(16)33(20,29)30/h3-10,19,22H,11H2,1-2H3. The summed E-state index contributed by atoms with van der Waals surface area (Å²) in [4.78, 5) is 22.3. The van der Waals surface area contributed by atoms with Gasteiger partial charge in [0.25, 0.3) is 5.69 Å². The van der Waals surface area contributed by atoms with Gasteiger partial charge in [0.1, 0.15) is 0 Å². The minimum absolute atomic E-state index is 0.0860. The van der Waals surface area contributed by atoms with Crippen molar-refractivity contribution in [2.75, 3.05) is 12.9 Å². The zero-order valence-electron chi connectivity index (χ0n) is 17.4. The zero-order chi connectivity index (χ0) is 24.1. The topological polar surface area (TPSA) is 150 Å². The van der Waals surface area contributed by atoms with E-state index in [1.807, 2.05) is 0 Å². The number of methoxy groups -OCH3 is 1. The molecule has 10 nitrogen and oxygen atoms in total. The fraction of sp³-hybridized carbons (Fsp3) is 0.190. The molecule has 0 fully saturated rings. The first-order valence-corrected chi connectivity index (χ1v) is 12.7. The number of non-ortho nitro benzene ring substituents is 1. The van der Waals surface area contributed by atoms with Gasteiger partial charge in [0.2, 0.25) is 9.84 Å². The van der Waals surface area contributed by atoms with E-state index < -0.39 is 47.1 Å². The number of esters is 1. The molecule has 1 N–H and O–H groups in total. The Morgan fingerprint density at radius 3 is 2.39 bits per heavy atom. The number of dihydropyridines is 1. The zero-order valence-corrected chi connectivity index (χ0v) is 19.1. The van der Waals surface area contributed by atoms with Crippen LogP contribution in [0.15, 0.2) is 80.2 Å². The third-order valence-corrected chi connectivity index (χ3v) is 9.33. The number of carbonyl (C=O) groups is 1. The number of ether oxygens (including phenoxy) is 1. The summed E-state index contributed by atoms with van der Waals surface area (Å²) in [7, 11) is -7.39. The Morgan fingerprint density at radius 1 is 1.09 bits per heavy atom. The van der Waals surface area contributed by atoms with E-state index in [0.29, 0.717) is 0 Å². The quantitative estimate of drug-likeness (QED) is 0.388. The maximum absolute atomic E-state index is 13.8. The predicted octanol–water partition coefficient (Wildman–Crippen LogP) is 2.20. The summed E-state index contributed by atoms with van der Waals surface area (Å²) in [6, 6.07) is 10.4. The highest BCUT2D eigenvalue weighted by Crippen LogP contribution is 2.46. The van der Waals surface area contributed by atoms with E-state index in [1.165, 1.54) is 49.4 Å². The molecule has 4 rings (SSSR count). The van der Waals surface area contributed by atoms with Crippen molar-refractivity contribution in [3.05, 3.63) is 86.1 Å². The average Bonchev–Trinajstić information content (AvgIpc) is 2.83. The lowest BCUT2D eigenvalue weighted by atomic mass is 9.86. The summed E-state index contributed by atoms with van der Waals surface area (Å²) in [5.41, 5.74) is -0.189. The fourth-order valence-electron chi connectivity index (χ4n) is 4.13. The van der Waals surface area contributed by atoms with Crippen LogP contribution in [0, 0.1) is 10.1 Å². The van der Waals surface area contributed by atoms with Crippen molar-refractivity contribution in [1.29, 1.82) is 0 Å². The highest BCUT2D eigenvalue weighted by molar-refractivity contribution is 7.97. The lowest BCUT2D eigenvalue weighted by molar-refractivity contribution is -0.384. The van der Waals surface area contributed by atoms with E-state index in [2.05, 4.69) is 5.32 Å². The number of nitrogens with zero attached hydrogens (tertiary/aromatic N) is 1. The van der Waals surface area contributed by atoms with Gasteiger partial charge in [-0.05, 0) is 24.6 Å². The van der Waals surface area contributed by atoms with Crippen LogP contribution in [0.3, 0.4) is 0 Å². The van der Waals surface area contributed by atoms with Crippen LogP contribution in [0.4, 0.5) is 5.69 Å². The highest BCUT2D eigenvalue weighted by Gasteiger charge is 2.46. The number of allylic oxidation sites excluding steroid dienone is 2. The molecule has 2 heterocycles. The number of carbonyl (C=O) groups excluding carboxylic acids is 1. The first-order chi connectivity index (χ1) is 15.5. The van der Waals surface area contributed by atoms with Crippen molar-refractivity contribution in [2.45, 2.75) is 22.6 Å². The number of rotatable bonds is 3. The van der Waals surface area contributed by atoms with E-state index in [0.717, 1.165) is 13.2 Å². The van der Waals surface area contributed by atoms with Gasteiger partial charge >= 0.3 is 5.97 Å². The van der Waals surface area contributed by atoms with E-state index >= 15 is 0 Å². The molecule has 0 aliphatic carbocycles. The van der Waals surface area contributed by atoms with Crippen molar-refractivity contribution in [3.8, 4) is 0 Å². The fourth-order valence-corrected chi connectivity index (χ4v) is 8.20. The second kappa shape index (κ2) is 7.81. The molecule has 2 aromatic carbocycles. The molecular weight excluding hydrogens is 472 g/mol. The van der Waals surface area contributed by atoms with Crippen LogP contribution in [0.2, 0.25) is 0 Å². The van der Waals surface area contributed by atoms with E-state index in [4.69, 9.17) is 4.74 Å². The molecule has 2 aromatic rings. The summed E-state index contributed by atoms with van der Waals surface area (Å²) in [5, 5.41) is 14.1. The third kappa shape index (κ3) is 3.60. The van der Waals surface area contributed by atoms with Gasteiger partial charge in [-0.25, -0.2) is 21.6 Å². The average molecular weight is 491 g/mol. The number of hydrogen-bond acceptors (Lipinski definition) is 9. The van der Waals surface area contributed by atoms with Crippen LogP contribution in [-0.4, -0.2) is 40.6 Å². The summed E-state index contributed by atoms with van der Waals surface area (Å²) in [6.45, 7) is 1.48. The molecule has 12 heteroatoms. The van der Waals surface area contributed by atoms with Crippen molar-refractivity contribution in [2.24, 2.45) is 0 Å². The maximum atomic E-state index is 13.8. The number of nitrogens with one attached hydrogen (secondary N) is 1. The van der Waals surface area contributed by atoms with Crippen LogP contribution in [-0.2, 0) is 29.2 Å². The van der Waals surface area contributed by atoms with Crippen molar-refractivity contribution in [1.82, 2.24) is 5.32 Å².